The first kappa shape index (κ1) is 13.6. The van der Waals surface area contributed by atoms with Gasteiger partial charge < -0.3 is 10.4 Å². The molecule has 2 fully saturated rings. The SMILES string of the molecule is O=C(O)C1CC(NC(=O)C2(c3cccc(Br)c3)CC2)C1. The lowest BCUT2D eigenvalue weighted by atomic mass is 9.80. The van der Waals surface area contributed by atoms with Gasteiger partial charge >= 0.3 is 5.97 Å². The van der Waals surface area contributed by atoms with Gasteiger partial charge in [-0.1, -0.05) is 28.1 Å². The molecule has 106 valence electrons. The smallest absolute Gasteiger partial charge is 0.306 e. The molecule has 2 aliphatic rings. The highest BCUT2D eigenvalue weighted by molar-refractivity contribution is 9.10. The summed E-state index contributed by atoms with van der Waals surface area (Å²) in [5, 5.41) is 11.9. The second-order valence-electron chi connectivity index (χ2n) is 5.77. The molecule has 0 saturated heterocycles. The van der Waals surface area contributed by atoms with Gasteiger partial charge in [0.15, 0.2) is 0 Å². The van der Waals surface area contributed by atoms with E-state index in [-0.39, 0.29) is 17.9 Å². The van der Waals surface area contributed by atoms with E-state index in [1.807, 2.05) is 24.3 Å². The van der Waals surface area contributed by atoms with Crippen molar-refractivity contribution in [3.05, 3.63) is 34.3 Å². The summed E-state index contributed by atoms with van der Waals surface area (Å²) in [4.78, 5) is 23.2. The molecule has 0 radical (unpaired) electrons. The van der Waals surface area contributed by atoms with E-state index in [1.165, 1.54) is 0 Å². The normalized spacial score (nSPS) is 26.4. The molecule has 1 aromatic carbocycles. The summed E-state index contributed by atoms with van der Waals surface area (Å²) in [7, 11) is 0. The van der Waals surface area contributed by atoms with Crippen LogP contribution in [0.1, 0.15) is 31.2 Å². The Morgan fingerprint density at radius 2 is 2.00 bits per heavy atom. The zero-order valence-corrected chi connectivity index (χ0v) is 12.5. The van der Waals surface area contributed by atoms with Crippen LogP contribution >= 0.6 is 15.9 Å². The number of carboxylic acids is 1. The molecule has 0 spiro atoms. The highest BCUT2D eigenvalue weighted by Crippen LogP contribution is 2.49. The van der Waals surface area contributed by atoms with Gasteiger partial charge in [-0.3, -0.25) is 9.59 Å². The van der Waals surface area contributed by atoms with Crippen LogP contribution in [0.15, 0.2) is 28.7 Å². The van der Waals surface area contributed by atoms with Crippen LogP contribution in [0.5, 0.6) is 0 Å². The molecule has 3 rings (SSSR count). The topological polar surface area (TPSA) is 66.4 Å². The number of hydrogen-bond acceptors (Lipinski definition) is 2. The summed E-state index contributed by atoms with van der Waals surface area (Å²) in [6.45, 7) is 0. The number of hydrogen-bond donors (Lipinski definition) is 2. The van der Waals surface area contributed by atoms with Crippen molar-refractivity contribution >= 4 is 27.8 Å². The molecule has 4 nitrogen and oxygen atoms in total. The van der Waals surface area contributed by atoms with Gasteiger partial charge in [-0.2, -0.15) is 0 Å². The fourth-order valence-corrected chi connectivity index (χ4v) is 3.22. The molecule has 0 aromatic heterocycles. The lowest BCUT2D eigenvalue weighted by Crippen LogP contribution is -2.49. The Labute approximate surface area is 125 Å². The molecule has 0 aliphatic heterocycles. The highest BCUT2D eigenvalue weighted by Gasteiger charge is 2.52. The van der Waals surface area contributed by atoms with Crippen molar-refractivity contribution in [3.8, 4) is 0 Å². The number of halogens is 1. The lowest BCUT2D eigenvalue weighted by Gasteiger charge is -2.34. The Kier molecular flexibility index (Phi) is 3.32. The van der Waals surface area contributed by atoms with Crippen molar-refractivity contribution in [1.82, 2.24) is 5.32 Å². The Hall–Kier alpha value is -1.36. The number of rotatable bonds is 4. The van der Waals surface area contributed by atoms with Gasteiger partial charge in [-0.05, 0) is 43.4 Å². The number of carbonyl (C=O) groups is 2. The molecule has 2 N–H and O–H groups in total. The van der Waals surface area contributed by atoms with E-state index in [0.717, 1.165) is 22.9 Å². The fourth-order valence-electron chi connectivity index (χ4n) is 2.82. The first-order chi connectivity index (χ1) is 9.51. The highest BCUT2D eigenvalue weighted by atomic mass is 79.9. The van der Waals surface area contributed by atoms with Crippen LogP contribution in [0.25, 0.3) is 0 Å². The van der Waals surface area contributed by atoms with E-state index in [9.17, 15) is 9.59 Å². The third-order valence-electron chi connectivity index (χ3n) is 4.38. The minimum Gasteiger partial charge on any atom is -0.481 e. The summed E-state index contributed by atoms with van der Waals surface area (Å²) in [5.74, 6) is -1.01. The van der Waals surface area contributed by atoms with Crippen LogP contribution in [0.2, 0.25) is 0 Å². The number of benzene rings is 1. The van der Waals surface area contributed by atoms with E-state index in [0.29, 0.717) is 12.8 Å². The Morgan fingerprint density at radius 1 is 1.30 bits per heavy atom. The summed E-state index contributed by atoms with van der Waals surface area (Å²) in [6.07, 6.45) is 2.83. The number of carboxylic acid groups (broad SMARTS) is 1. The number of carbonyl (C=O) groups excluding carboxylic acids is 1. The van der Waals surface area contributed by atoms with Crippen LogP contribution in [-0.4, -0.2) is 23.0 Å². The van der Waals surface area contributed by atoms with Crippen LogP contribution < -0.4 is 5.32 Å². The van der Waals surface area contributed by atoms with Gasteiger partial charge in [0.1, 0.15) is 0 Å². The Balaban J connectivity index is 1.65. The van der Waals surface area contributed by atoms with Crippen molar-refractivity contribution in [2.24, 2.45) is 5.92 Å². The second-order valence-corrected chi connectivity index (χ2v) is 6.69. The maximum absolute atomic E-state index is 12.4. The number of aliphatic carboxylic acids is 1. The predicted octanol–water partition coefficient (Wildman–Crippen LogP) is 2.46. The molecule has 2 aliphatic carbocycles. The maximum Gasteiger partial charge on any atom is 0.306 e. The zero-order chi connectivity index (χ0) is 14.3. The van der Waals surface area contributed by atoms with Gasteiger partial charge in [0.25, 0.3) is 0 Å². The lowest BCUT2D eigenvalue weighted by molar-refractivity contribution is -0.146. The minimum absolute atomic E-state index is 0.0215. The van der Waals surface area contributed by atoms with E-state index in [2.05, 4.69) is 21.2 Å². The summed E-state index contributed by atoms with van der Waals surface area (Å²) < 4.78 is 0.976. The summed E-state index contributed by atoms with van der Waals surface area (Å²) in [5.41, 5.74) is 0.649. The fraction of sp³-hybridized carbons (Fsp3) is 0.467. The predicted molar refractivity (Wildman–Crippen MR) is 77.3 cm³/mol. The van der Waals surface area contributed by atoms with Gasteiger partial charge in [-0.15, -0.1) is 0 Å². The molecule has 2 saturated carbocycles. The molecule has 0 bridgehead atoms. The Morgan fingerprint density at radius 3 is 2.55 bits per heavy atom. The molecule has 20 heavy (non-hydrogen) atoms. The van der Waals surface area contributed by atoms with E-state index in [1.54, 1.807) is 0 Å². The molecule has 0 atom stereocenters. The molecular formula is C15H16BrNO3. The third kappa shape index (κ3) is 2.35. The van der Waals surface area contributed by atoms with Crippen LogP contribution in [-0.2, 0) is 15.0 Å². The first-order valence-electron chi connectivity index (χ1n) is 6.81. The van der Waals surface area contributed by atoms with Crippen molar-refractivity contribution in [2.45, 2.75) is 37.1 Å². The van der Waals surface area contributed by atoms with E-state index < -0.39 is 11.4 Å². The summed E-state index contributed by atoms with van der Waals surface area (Å²) >= 11 is 3.43. The minimum atomic E-state index is -0.761. The summed E-state index contributed by atoms with van der Waals surface area (Å²) in [6, 6.07) is 7.89. The Bertz CT molecular complexity index is 562. The molecule has 5 heteroatoms. The van der Waals surface area contributed by atoms with Gasteiger partial charge in [0, 0.05) is 10.5 Å². The molecule has 0 heterocycles. The molecule has 0 unspecified atom stereocenters. The second kappa shape index (κ2) is 4.88. The standard InChI is InChI=1S/C15H16BrNO3/c16-11-3-1-2-10(8-11)15(4-5-15)14(20)17-12-6-9(7-12)13(18)19/h1-3,8-9,12H,4-7H2,(H,17,20)(H,18,19). The largest absolute Gasteiger partial charge is 0.481 e. The van der Waals surface area contributed by atoms with Crippen LogP contribution in [0.3, 0.4) is 0 Å². The number of amides is 1. The van der Waals surface area contributed by atoms with Crippen LogP contribution in [0.4, 0.5) is 0 Å². The quantitative estimate of drug-likeness (QED) is 0.886. The van der Waals surface area contributed by atoms with E-state index in [4.69, 9.17) is 5.11 Å². The third-order valence-corrected chi connectivity index (χ3v) is 4.88. The van der Waals surface area contributed by atoms with Crippen molar-refractivity contribution in [1.29, 1.82) is 0 Å². The van der Waals surface area contributed by atoms with Gasteiger partial charge in [-0.25, -0.2) is 0 Å². The maximum atomic E-state index is 12.4. The van der Waals surface area contributed by atoms with Crippen molar-refractivity contribution < 1.29 is 14.7 Å². The number of nitrogens with one attached hydrogen (secondary N) is 1. The molecule has 1 amide bonds. The van der Waals surface area contributed by atoms with E-state index >= 15 is 0 Å². The average Bonchev–Trinajstić information content (AvgIpc) is 3.13. The van der Waals surface area contributed by atoms with Crippen molar-refractivity contribution in [3.63, 3.8) is 0 Å². The molecular weight excluding hydrogens is 322 g/mol. The first-order valence-corrected chi connectivity index (χ1v) is 7.60. The monoisotopic (exact) mass is 337 g/mol. The van der Waals surface area contributed by atoms with Gasteiger partial charge in [0.05, 0.1) is 11.3 Å². The van der Waals surface area contributed by atoms with Gasteiger partial charge in [0.2, 0.25) is 5.91 Å². The average molecular weight is 338 g/mol. The van der Waals surface area contributed by atoms with Crippen molar-refractivity contribution in [2.75, 3.05) is 0 Å². The zero-order valence-electron chi connectivity index (χ0n) is 10.9. The van der Waals surface area contributed by atoms with Crippen LogP contribution in [0, 0.1) is 5.92 Å². The molecule has 1 aromatic rings.